The maximum Gasteiger partial charge on any atom is 0.234 e. The van der Waals surface area contributed by atoms with Crippen molar-refractivity contribution in [2.75, 3.05) is 11.1 Å². The summed E-state index contributed by atoms with van der Waals surface area (Å²) in [5.41, 5.74) is 2.36. The first-order valence-corrected chi connectivity index (χ1v) is 11.0. The zero-order valence-corrected chi connectivity index (χ0v) is 18.1. The highest BCUT2D eigenvalue weighted by Gasteiger charge is 2.21. The molecular weight excluding hydrogens is 409 g/mol. The third-order valence-corrected chi connectivity index (χ3v) is 6.66. The van der Waals surface area contributed by atoms with Crippen molar-refractivity contribution in [2.24, 2.45) is 0 Å². The van der Waals surface area contributed by atoms with Crippen LogP contribution >= 0.6 is 23.1 Å². The lowest BCUT2D eigenvalue weighted by atomic mass is 10.2. The highest BCUT2D eigenvalue weighted by atomic mass is 32.2. The lowest BCUT2D eigenvalue weighted by molar-refractivity contribution is -0.113. The van der Waals surface area contributed by atoms with Crippen molar-refractivity contribution in [3.8, 4) is 0 Å². The highest BCUT2D eigenvalue weighted by Crippen LogP contribution is 2.34. The molecule has 0 radical (unpaired) electrons. The van der Waals surface area contributed by atoms with E-state index in [1.54, 1.807) is 23.5 Å². The van der Waals surface area contributed by atoms with Gasteiger partial charge in [-0.05, 0) is 37.6 Å². The van der Waals surface area contributed by atoms with Gasteiger partial charge in [0.1, 0.15) is 16.5 Å². The maximum absolute atomic E-state index is 13.3. The molecule has 4 rings (SSSR count). The van der Waals surface area contributed by atoms with Gasteiger partial charge in [0.05, 0.1) is 11.1 Å². The van der Waals surface area contributed by atoms with Gasteiger partial charge in [-0.2, -0.15) is 0 Å². The first-order chi connectivity index (χ1) is 13.8. The van der Waals surface area contributed by atoms with Gasteiger partial charge in [-0.25, -0.2) is 9.37 Å². The van der Waals surface area contributed by atoms with Gasteiger partial charge in [0.15, 0.2) is 10.8 Å². The molecule has 0 aliphatic rings. The third-order valence-electron chi connectivity index (χ3n) is 4.63. The lowest BCUT2D eigenvalue weighted by Crippen LogP contribution is -2.14. The Balaban J connectivity index is 1.65. The average Bonchev–Trinajstić information content (AvgIpc) is 3.20. The number of hydrogen-bond donors (Lipinski definition) is 1. The Morgan fingerprint density at radius 2 is 2.10 bits per heavy atom. The number of carbonyl (C=O) groups is 1. The normalized spacial score (nSPS) is 11.7. The van der Waals surface area contributed by atoms with Crippen LogP contribution in [0.2, 0.25) is 0 Å². The molecule has 29 heavy (non-hydrogen) atoms. The fourth-order valence-corrected chi connectivity index (χ4v) is 4.89. The summed E-state index contributed by atoms with van der Waals surface area (Å²) in [7, 11) is 0. The molecule has 0 saturated heterocycles. The number of aryl methyl sites for hydroxylation is 2. The van der Waals surface area contributed by atoms with Crippen molar-refractivity contribution in [2.45, 2.75) is 38.8 Å². The molecule has 0 saturated carbocycles. The summed E-state index contributed by atoms with van der Waals surface area (Å²) in [6.45, 7) is 8.30. The number of thioether (sulfide) groups is 1. The SMILES string of the molecule is Cc1sc2nc(C(C)C)n3c(SCC(=O)Nc4cccc(F)c4)nnc3c2c1C. The van der Waals surface area contributed by atoms with E-state index in [9.17, 15) is 9.18 Å². The van der Waals surface area contributed by atoms with E-state index in [0.717, 1.165) is 27.3 Å². The Morgan fingerprint density at radius 1 is 1.31 bits per heavy atom. The summed E-state index contributed by atoms with van der Waals surface area (Å²) in [5, 5.41) is 13.1. The fraction of sp³-hybridized carbons (Fsp3) is 0.300. The number of amides is 1. The molecule has 3 heterocycles. The van der Waals surface area contributed by atoms with Crippen LogP contribution in [0.15, 0.2) is 29.4 Å². The molecule has 0 fully saturated rings. The van der Waals surface area contributed by atoms with Gasteiger partial charge in [0.2, 0.25) is 5.91 Å². The summed E-state index contributed by atoms with van der Waals surface area (Å²) in [6.07, 6.45) is 0. The molecule has 1 aromatic carbocycles. The van der Waals surface area contributed by atoms with Crippen LogP contribution in [0.1, 0.15) is 36.0 Å². The van der Waals surface area contributed by atoms with Gasteiger partial charge in [0.25, 0.3) is 0 Å². The predicted molar refractivity (Wildman–Crippen MR) is 115 cm³/mol. The molecule has 0 aliphatic heterocycles. The number of rotatable bonds is 5. The Hall–Kier alpha value is -2.52. The topological polar surface area (TPSA) is 72.2 Å². The summed E-state index contributed by atoms with van der Waals surface area (Å²) in [5.74, 6) is 0.541. The Kier molecular flexibility index (Phi) is 5.26. The van der Waals surface area contributed by atoms with Crippen LogP contribution in [0.4, 0.5) is 10.1 Å². The van der Waals surface area contributed by atoms with E-state index in [2.05, 4.69) is 43.2 Å². The van der Waals surface area contributed by atoms with Crippen molar-refractivity contribution >= 4 is 50.6 Å². The number of benzene rings is 1. The molecule has 6 nitrogen and oxygen atoms in total. The van der Waals surface area contributed by atoms with Crippen LogP contribution in [0.3, 0.4) is 0 Å². The van der Waals surface area contributed by atoms with Crippen LogP contribution in [0, 0.1) is 19.7 Å². The van der Waals surface area contributed by atoms with Crippen molar-refractivity contribution in [3.63, 3.8) is 0 Å². The Morgan fingerprint density at radius 3 is 2.83 bits per heavy atom. The molecule has 0 atom stereocenters. The summed E-state index contributed by atoms with van der Waals surface area (Å²) in [6, 6.07) is 5.83. The molecule has 4 aromatic rings. The van der Waals surface area contributed by atoms with Crippen LogP contribution < -0.4 is 5.32 Å². The largest absolute Gasteiger partial charge is 0.325 e. The van der Waals surface area contributed by atoms with E-state index < -0.39 is 5.82 Å². The number of thiophene rings is 1. The fourth-order valence-electron chi connectivity index (χ4n) is 3.12. The first-order valence-electron chi connectivity index (χ1n) is 9.18. The second-order valence-corrected chi connectivity index (χ2v) is 9.22. The minimum absolute atomic E-state index is 0.133. The van der Waals surface area contributed by atoms with Crippen molar-refractivity contribution in [3.05, 3.63) is 46.3 Å². The van der Waals surface area contributed by atoms with Crippen LogP contribution in [-0.4, -0.2) is 31.2 Å². The molecule has 3 aromatic heterocycles. The van der Waals surface area contributed by atoms with E-state index in [1.807, 2.05) is 4.40 Å². The molecule has 9 heteroatoms. The van der Waals surface area contributed by atoms with Crippen LogP contribution in [-0.2, 0) is 4.79 Å². The summed E-state index contributed by atoms with van der Waals surface area (Å²) in [4.78, 5) is 19.4. The number of aromatic nitrogens is 4. The monoisotopic (exact) mass is 429 g/mol. The summed E-state index contributed by atoms with van der Waals surface area (Å²) >= 11 is 2.95. The second kappa shape index (κ2) is 7.72. The zero-order valence-electron chi connectivity index (χ0n) is 16.5. The van der Waals surface area contributed by atoms with Gasteiger partial charge in [-0.15, -0.1) is 21.5 Å². The quantitative estimate of drug-likeness (QED) is 0.455. The molecule has 150 valence electrons. The second-order valence-electron chi connectivity index (χ2n) is 7.08. The van der Waals surface area contributed by atoms with E-state index in [1.165, 1.54) is 28.8 Å². The van der Waals surface area contributed by atoms with Gasteiger partial charge in [-0.3, -0.25) is 9.20 Å². The van der Waals surface area contributed by atoms with E-state index >= 15 is 0 Å². The van der Waals surface area contributed by atoms with E-state index in [4.69, 9.17) is 4.98 Å². The number of nitrogens with zero attached hydrogens (tertiary/aromatic N) is 4. The molecular formula is C20H20FN5OS2. The standard InChI is InChI=1S/C20H20FN5OS2/c1-10(2)17-23-19-16(11(3)12(4)29-19)18-24-25-20(26(17)18)28-9-15(27)22-14-7-5-6-13(21)8-14/h5-8,10H,9H2,1-4H3,(H,22,27). The Bertz CT molecular complexity index is 1230. The first kappa shape index (κ1) is 19.8. The summed E-state index contributed by atoms with van der Waals surface area (Å²) < 4.78 is 15.2. The van der Waals surface area contributed by atoms with Gasteiger partial charge in [-0.1, -0.05) is 31.7 Å². The number of hydrogen-bond acceptors (Lipinski definition) is 6. The molecule has 1 amide bonds. The van der Waals surface area contributed by atoms with E-state index in [-0.39, 0.29) is 17.6 Å². The van der Waals surface area contributed by atoms with Gasteiger partial charge in [0, 0.05) is 16.5 Å². The van der Waals surface area contributed by atoms with Crippen molar-refractivity contribution in [1.82, 2.24) is 19.6 Å². The van der Waals surface area contributed by atoms with E-state index in [0.29, 0.717) is 10.8 Å². The zero-order chi connectivity index (χ0) is 20.7. The third kappa shape index (κ3) is 3.72. The minimum atomic E-state index is -0.392. The molecule has 1 N–H and O–H groups in total. The molecule has 0 bridgehead atoms. The van der Waals surface area contributed by atoms with Crippen LogP contribution in [0.5, 0.6) is 0 Å². The number of anilines is 1. The number of carbonyl (C=O) groups excluding carboxylic acids is 1. The molecule has 0 spiro atoms. The number of halogens is 1. The molecule has 0 unspecified atom stereocenters. The van der Waals surface area contributed by atoms with Crippen LogP contribution in [0.25, 0.3) is 15.9 Å². The van der Waals surface area contributed by atoms with Crippen molar-refractivity contribution in [1.29, 1.82) is 0 Å². The van der Waals surface area contributed by atoms with Crippen molar-refractivity contribution < 1.29 is 9.18 Å². The molecule has 0 aliphatic carbocycles. The minimum Gasteiger partial charge on any atom is -0.325 e. The highest BCUT2D eigenvalue weighted by molar-refractivity contribution is 7.99. The van der Waals surface area contributed by atoms with Gasteiger partial charge < -0.3 is 5.32 Å². The average molecular weight is 430 g/mol. The smallest absolute Gasteiger partial charge is 0.234 e. The predicted octanol–water partition coefficient (Wildman–Crippen LogP) is 4.95. The number of nitrogens with one attached hydrogen (secondary N) is 1. The lowest BCUT2D eigenvalue weighted by Gasteiger charge is -2.10. The maximum atomic E-state index is 13.3. The Labute approximate surface area is 175 Å². The van der Waals surface area contributed by atoms with Gasteiger partial charge >= 0.3 is 0 Å². The number of fused-ring (bicyclic) bond motifs is 3.